The number of fused-ring (bicyclic) bond motifs is 3. The maximum atomic E-state index is 14.0. The minimum Gasteiger partial charge on any atom is -0.510 e. The molecule has 1 heterocycles. The molecule has 11 nitrogen and oxygen atoms in total. The number of carbonyl (C=O) groups excluding carboxylic acids is 3. The normalized spacial score (nSPS) is 26.8. The molecule has 1 amide bonds. The molecule has 0 unspecified atom stereocenters. The van der Waals surface area contributed by atoms with Crippen LogP contribution in [0, 0.1) is 11.8 Å². The van der Waals surface area contributed by atoms with Gasteiger partial charge in [-0.2, -0.15) is 0 Å². The quantitative estimate of drug-likeness (QED) is 0.368. The Morgan fingerprint density at radius 2 is 1.84 bits per heavy atom. The summed E-state index contributed by atoms with van der Waals surface area (Å²) in [6, 6.07) is 2.35. The van der Waals surface area contributed by atoms with Crippen molar-refractivity contribution >= 4 is 23.2 Å². The Balaban J connectivity index is 1.76. The summed E-state index contributed by atoms with van der Waals surface area (Å²) in [6.07, 6.45) is 3.10. The van der Waals surface area contributed by atoms with Crippen molar-refractivity contribution in [2.24, 2.45) is 17.6 Å². The summed E-state index contributed by atoms with van der Waals surface area (Å²) in [5.74, 6) is -6.78. The third-order valence-electron chi connectivity index (χ3n) is 8.01. The molecule has 1 aromatic heterocycles. The molecule has 2 aromatic rings. The van der Waals surface area contributed by atoms with E-state index in [4.69, 9.17) is 10.2 Å². The molecular weight excluding hydrogens is 494 g/mol. The average Bonchev–Trinajstić information content (AvgIpc) is 3.35. The minimum absolute atomic E-state index is 0.0306. The Morgan fingerprint density at radius 1 is 1.16 bits per heavy atom. The zero-order valence-corrected chi connectivity index (χ0v) is 21.3. The van der Waals surface area contributed by atoms with Gasteiger partial charge in [-0.15, -0.1) is 0 Å². The van der Waals surface area contributed by atoms with Gasteiger partial charge in [-0.25, -0.2) is 0 Å². The van der Waals surface area contributed by atoms with E-state index in [2.05, 4.69) is 0 Å². The molecule has 200 valence electrons. The maximum absolute atomic E-state index is 14.0. The molecule has 4 atom stereocenters. The number of Topliss-reactive ketones (excluding diaryl/α,β-unsaturated/α-hetero) is 2. The van der Waals surface area contributed by atoms with Crippen LogP contribution < -0.4 is 10.6 Å². The van der Waals surface area contributed by atoms with Gasteiger partial charge < -0.3 is 35.5 Å². The van der Waals surface area contributed by atoms with Crippen molar-refractivity contribution in [3.05, 3.63) is 58.5 Å². The second kappa shape index (κ2) is 8.47. The number of hydrogen-bond acceptors (Lipinski definition) is 10. The van der Waals surface area contributed by atoms with Crippen molar-refractivity contribution in [1.82, 2.24) is 4.90 Å². The number of hydrogen-bond donors (Lipinski definition) is 5. The number of rotatable bonds is 4. The van der Waals surface area contributed by atoms with E-state index in [1.807, 2.05) is 4.90 Å². The van der Waals surface area contributed by atoms with Crippen molar-refractivity contribution in [2.75, 3.05) is 33.1 Å². The summed E-state index contributed by atoms with van der Waals surface area (Å²) in [5, 5.41) is 45.3. The zero-order chi connectivity index (χ0) is 27.8. The van der Waals surface area contributed by atoms with Crippen molar-refractivity contribution in [1.29, 1.82) is 0 Å². The van der Waals surface area contributed by atoms with Crippen LogP contribution in [-0.2, 0) is 16.0 Å². The van der Waals surface area contributed by atoms with Gasteiger partial charge in [0, 0.05) is 42.4 Å². The second-order valence-electron chi connectivity index (χ2n) is 10.5. The van der Waals surface area contributed by atoms with E-state index in [-0.39, 0.29) is 29.7 Å². The highest BCUT2D eigenvalue weighted by Gasteiger charge is 2.63. The molecule has 3 aliphatic rings. The van der Waals surface area contributed by atoms with Crippen molar-refractivity contribution < 1.29 is 39.2 Å². The van der Waals surface area contributed by atoms with Crippen LogP contribution in [0.5, 0.6) is 5.75 Å². The molecule has 0 aliphatic heterocycles. The van der Waals surface area contributed by atoms with Crippen LogP contribution in [0.25, 0.3) is 11.1 Å². The van der Waals surface area contributed by atoms with Crippen LogP contribution >= 0.6 is 0 Å². The van der Waals surface area contributed by atoms with Crippen molar-refractivity contribution in [3.8, 4) is 16.9 Å². The van der Waals surface area contributed by atoms with E-state index < -0.39 is 58.0 Å². The molecule has 0 spiro atoms. The molecule has 0 saturated heterocycles. The SMILES string of the molecule is CN(C)c1cc(-c2ccoc2)c(O)c2c1C[C@H]1C[C@@H]3[C@@H](N(C)C)C(O)=C(C(N)=O)C(=O)[C@@]3(O)C(O)=C1C2=O. The summed E-state index contributed by atoms with van der Waals surface area (Å²) < 4.78 is 5.15. The van der Waals surface area contributed by atoms with Crippen molar-refractivity contribution in [3.63, 3.8) is 0 Å². The Labute approximate surface area is 218 Å². The standard InChI is InChI=1S/C27H29N3O8/c1-29(2)16-9-13(11-5-6-38-10-11)21(31)18-14(16)7-12-8-15-20(30(3)4)23(33)19(26(28)36)25(35)27(15,37)24(34)17(12)22(18)32/h5-6,9-10,12,15,20,31,33-34,37H,7-8H2,1-4H3,(H2,28,36)/t12-,15+,20+,27-/m0/s1. The average molecular weight is 524 g/mol. The molecular formula is C27H29N3O8. The first-order valence-electron chi connectivity index (χ1n) is 12.1. The fourth-order valence-corrected chi connectivity index (χ4v) is 6.34. The fourth-order valence-electron chi connectivity index (χ4n) is 6.34. The number of carbonyl (C=O) groups is 3. The number of phenols is 1. The van der Waals surface area contributed by atoms with Gasteiger partial charge in [0.25, 0.3) is 5.91 Å². The summed E-state index contributed by atoms with van der Waals surface area (Å²) in [5.41, 5.74) is 3.71. The van der Waals surface area contributed by atoms with Gasteiger partial charge in [-0.3, -0.25) is 19.3 Å². The van der Waals surface area contributed by atoms with Gasteiger partial charge in [0.15, 0.2) is 11.4 Å². The smallest absolute Gasteiger partial charge is 0.255 e. The first kappa shape index (κ1) is 25.6. The third-order valence-corrected chi connectivity index (χ3v) is 8.01. The number of allylic oxidation sites excluding steroid dienone is 1. The Hall–Kier alpha value is -4.09. The van der Waals surface area contributed by atoms with Gasteiger partial charge in [0.05, 0.1) is 24.1 Å². The second-order valence-corrected chi connectivity index (χ2v) is 10.5. The number of nitrogens with two attached hydrogens (primary N) is 1. The number of ketones is 2. The molecule has 0 bridgehead atoms. The van der Waals surface area contributed by atoms with E-state index >= 15 is 0 Å². The van der Waals surface area contributed by atoms with Crippen LogP contribution in [0.2, 0.25) is 0 Å². The third kappa shape index (κ3) is 3.25. The van der Waals surface area contributed by atoms with Crippen LogP contribution in [0.1, 0.15) is 22.3 Å². The molecule has 5 rings (SSSR count). The number of phenolic OH excluding ortho intramolecular Hbond substituents is 1. The van der Waals surface area contributed by atoms with Gasteiger partial charge in [-0.05, 0) is 50.6 Å². The fraction of sp³-hybridized carbons (Fsp3) is 0.370. The number of anilines is 1. The number of benzene rings is 1. The van der Waals surface area contributed by atoms with E-state index in [1.54, 1.807) is 40.3 Å². The lowest BCUT2D eigenvalue weighted by atomic mass is 9.58. The Bertz CT molecular complexity index is 1450. The van der Waals surface area contributed by atoms with E-state index in [9.17, 15) is 34.8 Å². The van der Waals surface area contributed by atoms with Gasteiger partial charge in [0.1, 0.15) is 22.8 Å². The first-order valence-corrected chi connectivity index (χ1v) is 12.1. The van der Waals surface area contributed by atoms with Crippen LogP contribution in [0.3, 0.4) is 0 Å². The summed E-state index contributed by atoms with van der Waals surface area (Å²) in [7, 11) is 6.78. The summed E-state index contributed by atoms with van der Waals surface area (Å²) in [6.45, 7) is 0. The van der Waals surface area contributed by atoms with Gasteiger partial charge >= 0.3 is 0 Å². The van der Waals surface area contributed by atoms with Crippen LogP contribution in [0.15, 0.2) is 51.7 Å². The Morgan fingerprint density at radius 3 is 2.39 bits per heavy atom. The number of furan rings is 1. The molecule has 3 aliphatic carbocycles. The van der Waals surface area contributed by atoms with Crippen LogP contribution in [-0.4, -0.2) is 82.6 Å². The number of primary amides is 1. The van der Waals surface area contributed by atoms with E-state index in [0.717, 1.165) is 0 Å². The number of nitrogens with zero attached hydrogens (tertiary/aromatic N) is 2. The molecule has 0 radical (unpaired) electrons. The molecule has 6 N–H and O–H groups in total. The lowest BCUT2D eigenvalue weighted by Gasteiger charge is -2.50. The highest BCUT2D eigenvalue weighted by atomic mass is 16.3. The van der Waals surface area contributed by atoms with E-state index in [0.29, 0.717) is 22.4 Å². The van der Waals surface area contributed by atoms with Gasteiger partial charge in [-0.1, -0.05) is 0 Å². The molecule has 1 aromatic carbocycles. The highest BCUT2D eigenvalue weighted by molar-refractivity contribution is 6.25. The summed E-state index contributed by atoms with van der Waals surface area (Å²) in [4.78, 5) is 42.8. The molecule has 0 saturated carbocycles. The lowest BCUT2D eigenvalue weighted by molar-refractivity contribution is -0.148. The largest absolute Gasteiger partial charge is 0.510 e. The van der Waals surface area contributed by atoms with Gasteiger partial charge in [0.2, 0.25) is 5.78 Å². The lowest BCUT2D eigenvalue weighted by Crippen LogP contribution is -2.63. The summed E-state index contributed by atoms with van der Waals surface area (Å²) >= 11 is 0. The monoisotopic (exact) mass is 523 g/mol. The Kier molecular flexibility index (Phi) is 5.69. The predicted octanol–water partition coefficient (Wildman–Crippen LogP) is 1.45. The molecule has 11 heteroatoms. The maximum Gasteiger partial charge on any atom is 0.255 e. The zero-order valence-electron chi connectivity index (χ0n) is 21.3. The van der Waals surface area contributed by atoms with Crippen molar-refractivity contribution in [2.45, 2.75) is 24.5 Å². The number of amides is 1. The minimum atomic E-state index is -2.67. The highest BCUT2D eigenvalue weighted by Crippen LogP contribution is 2.54. The first-order chi connectivity index (χ1) is 17.8. The molecule has 0 fully saturated rings. The number of aliphatic hydroxyl groups is 3. The van der Waals surface area contributed by atoms with Crippen LogP contribution in [0.4, 0.5) is 5.69 Å². The number of likely N-dealkylation sites (N-methyl/N-ethyl adjacent to an activating group) is 1. The molecule has 38 heavy (non-hydrogen) atoms. The topological polar surface area (TPSA) is 178 Å². The number of aliphatic hydroxyl groups excluding tert-OH is 2. The predicted molar refractivity (Wildman–Crippen MR) is 136 cm³/mol. The van der Waals surface area contributed by atoms with E-state index in [1.165, 1.54) is 17.4 Å². The number of aromatic hydroxyl groups is 1.